The van der Waals surface area contributed by atoms with Crippen LogP contribution in [0.15, 0.2) is 23.1 Å². The second-order valence-electron chi connectivity index (χ2n) is 5.87. The van der Waals surface area contributed by atoms with E-state index in [1.54, 1.807) is 13.0 Å². The van der Waals surface area contributed by atoms with Gasteiger partial charge in [-0.3, -0.25) is 0 Å². The fourth-order valence-corrected chi connectivity index (χ4v) is 3.82. The van der Waals surface area contributed by atoms with Crippen molar-refractivity contribution >= 4 is 16.0 Å². The molecule has 0 saturated carbocycles. The van der Waals surface area contributed by atoms with Crippen molar-refractivity contribution in [2.75, 3.05) is 26.7 Å². The highest BCUT2D eigenvalue weighted by Crippen LogP contribution is 2.17. The molecule has 1 saturated heterocycles. The van der Waals surface area contributed by atoms with Crippen LogP contribution in [0.5, 0.6) is 0 Å². The van der Waals surface area contributed by atoms with Crippen molar-refractivity contribution < 1.29 is 17.9 Å². The molecule has 23 heavy (non-hydrogen) atoms. The SMILES string of the molecule is COC(=O)c1cc(S(=O)(=O)NCCC2CCCNC2)ccc1C. The molecule has 0 spiro atoms. The van der Waals surface area contributed by atoms with Crippen LogP contribution in [0.1, 0.15) is 35.2 Å². The molecule has 6 nitrogen and oxygen atoms in total. The molecule has 1 atom stereocenters. The Bertz CT molecular complexity index is 652. The Labute approximate surface area is 137 Å². The monoisotopic (exact) mass is 340 g/mol. The molecule has 0 aromatic heterocycles. The van der Waals surface area contributed by atoms with Gasteiger partial charge in [0.05, 0.1) is 17.6 Å². The number of carbonyl (C=O) groups excluding carboxylic acids is 1. The molecule has 0 amide bonds. The lowest BCUT2D eigenvalue weighted by molar-refractivity contribution is 0.0599. The summed E-state index contributed by atoms with van der Waals surface area (Å²) in [6.07, 6.45) is 3.07. The summed E-state index contributed by atoms with van der Waals surface area (Å²) in [5.74, 6) is -0.0251. The van der Waals surface area contributed by atoms with Gasteiger partial charge in [0.1, 0.15) is 0 Å². The number of hydrogen-bond acceptors (Lipinski definition) is 5. The number of nitrogens with one attached hydrogen (secondary N) is 2. The molecule has 1 fully saturated rings. The first-order chi connectivity index (χ1) is 10.9. The minimum Gasteiger partial charge on any atom is -0.465 e. The number of rotatable bonds is 6. The number of esters is 1. The molecule has 1 unspecified atom stereocenters. The molecular formula is C16H24N2O4S. The average Bonchev–Trinajstić information content (AvgIpc) is 2.55. The van der Waals surface area contributed by atoms with E-state index in [1.807, 2.05) is 0 Å². The van der Waals surface area contributed by atoms with Gasteiger partial charge >= 0.3 is 5.97 Å². The van der Waals surface area contributed by atoms with Crippen LogP contribution >= 0.6 is 0 Å². The molecule has 1 aliphatic rings. The number of carbonyl (C=O) groups is 1. The third-order valence-corrected chi connectivity index (χ3v) is 5.63. The lowest BCUT2D eigenvalue weighted by Gasteiger charge is -2.22. The molecule has 2 rings (SSSR count). The summed E-state index contributed by atoms with van der Waals surface area (Å²) in [4.78, 5) is 11.8. The topological polar surface area (TPSA) is 84.5 Å². The van der Waals surface area contributed by atoms with Crippen LogP contribution in [0.3, 0.4) is 0 Å². The Balaban J connectivity index is 2.02. The predicted octanol–water partition coefficient (Wildman–Crippen LogP) is 1.45. The van der Waals surface area contributed by atoms with Crippen LogP contribution in [0.4, 0.5) is 0 Å². The summed E-state index contributed by atoms with van der Waals surface area (Å²) in [6.45, 7) is 4.13. The van der Waals surface area contributed by atoms with E-state index in [4.69, 9.17) is 0 Å². The smallest absolute Gasteiger partial charge is 0.338 e. The standard InChI is InChI=1S/C16H24N2O4S/c1-12-5-6-14(10-15(12)16(19)22-2)23(20,21)18-9-7-13-4-3-8-17-11-13/h5-6,10,13,17-18H,3-4,7-9,11H2,1-2H3. The zero-order chi connectivity index (χ0) is 16.9. The van der Waals surface area contributed by atoms with Gasteiger partial charge in [0.25, 0.3) is 0 Å². The maximum absolute atomic E-state index is 12.4. The number of aryl methyl sites for hydroxylation is 1. The van der Waals surface area contributed by atoms with E-state index in [9.17, 15) is 13.2 Å². The first-order valence-corrected chi connectivity index (χ1v) is 9.31. The first kappa shape index (κ1) is 17.9. The number of sulfonamides is 1. The Kier molecular flexibility index (Phi) is 6.15. The van der Waals surface area contributed by atoms with E-state index >= 15 is 0 Å². The Hall–Kier alpha value is -1.44. The van der Waals surface area contributed by atoms with E-state index in [0.29, 0.717) is 18.0 Å². The number of methoxy groups -OCH3 is 1. The Morgan fingerprint density at radius 2 is 2.22 bits per heavy atom. The molecule has 0 aliphatic carbocycles. The van der Waals surface area contributed by atoms with Gasteiger partial charge in [-0.15, -0.1) is 0 Å². The maximum Gasteiger partial charge on any atom is 0.338 e. The fraction of sp³-hybridized carbons (Fsp3) is 0.562. The lowest BCUT2D eigenvalue weighted by atomic mass is 9.96. The highest BCUT2D eigenvalue weighted by molar-refractivity contribution is 7.89. The summed E-state index contributed by atoms with van der Waals surface area (Å²) < 4.78 is 32.0. The van der Waals surface area contributed by atoms with Crippen molar-refractivity contribution in [1.82, 2.24) is 10.0 Å². The van der Waals surface area contributed by atoms with Gasteiger partial charge in [-0.1, -0.05) is 6.07 Å². The van der Waals surface area contributed by atoms with Crippen LogP contribution in [-0.2, 0) is 14.8 Å². The van der Waals surface area contributed by atoms with Crippen LogP contribution in [-0.4, -0.2) is 41.1 Å². The van der Waals surface area contributed by atoms with Crippen LogP contribution in [0.2, 0.25) is 0 Å². The number of hydrogen-bond donors (Lipinski definition) is 2. The molecule has 0 bridgehead atoms. The van der Waals surface area contributed by atoms with Crippen LogP contribution in [0.25, 0.3) is 0 Å². The number of benzene rings is 1. The second-order valence-corrected chi connectivity index (χ2v) is 7.63. The largest absolute Gasteiger partial charge is 0.465 e. The van der Waals surface area contributed by atoms with E-state index in [2.05, 4.69) is 14.8 Å². The van der Waals surface area contributed by atoms with E-state index in [0.717, 1.165) is 32.4 Å². The Morgan fingerprint density at radius 3 is 2.87 bits per heavy atom. The number of ether oxygens (including phenoxy) is 1. The molecular weight excluding hydrogens is 316 g/mol. The minimum atomic E-state index is -3.62. The van der Waals surface area contributed by atoms with E-state index < -0.39 is 16.0 Å². The van der Waals surface area contributed by atoms with Gasteiger partial charge in [0.2, 0.25) is 10.0 Å². The lowest BCUT2D eigenvalue weighted by Crippen LogP contribution is -2.33. The van der Waals surface area contributed by atoms with Crippen molar-refractivity contribution in [2.24, 2.45) is 5.92 Å². The molecule has 1 heterocycles. The van der Waals surface area contributed by atoms with Gasteiger partial charge in [-0.2, -0.15) is 0 Å². The summed E-state index contributed by atoms with van der Waals surface area (Å²) in [5.41, 5.74) is 0.955. The van der Waals surface area contributed by atoms with Crippen LogP contribution in [0, 0.1) is 12.8 Å². The first-order valence-electron chi connectivity index (χ1n) is 7.83. The normalized spacial score (nSPS) is 18.6. The zero-order valence-electron chi connectivity index (χ0n) is 13.6. The predicted molar refractivity (Wildman–Crippen MR) is 87.9 cm³/mol. The summed E-state index contributed by atoms with van der Waals surface area (Å²) in [6, 6.07) is 4.49. The number of piperidine rings is 1. The molecule has 1 aliphatic heterocycles. The third-order valence-electron chi connectivity index (χ3n) is 4.17. The Morgan fingerprint density at radius 1 is 1.43 bits per heavy atom. The van der Waals surface area contributed by atoms with Crippen LogP contribution < -0.4 is 10.0 Å². The van der Waals surface area contributed by atoms with Gasteiger partial charge in [-0.05, 0) is 62.9 Å². The highest BCUT2D eigenvalue weighted by Gasteiger charge is 2.19. The molecule has 128 valence electrons. The van der Waals surface area contributed by atoms with Gasteiger partial charge < -0.3 is 10.1 Å². The van der Waals surface area contributed by atoms with E-state index in [-0.39, 0.29) is 10.5 Å². The fourth-order valence-electron chi connectivity index (χ4n) is 2.75. The van der Waals surface area contributed by atoms with Crippen molar-refractivity contribution in [3.63, 3.8) is 0 Å². The summed E-state index contributed by atoms with van der Waals surface area (Å²) in [7, 11) is -2.34. The third kappa shape index (κ3) is 4.76. The molecule has 7 heteroatoms. The molecule has 1 aromatic rings. The van der Waals surface area contributed by atoms with E-state index in [1.165, 1.54) is 19.2 Å². The summed E-state index contributed by atoms with van der Waals surface area (Å²) in [5, 5.41) is 3.32. The van der Waals surface area contributed by atoms with Gasteiger partial charge in [-0.25, -0.2) is 17.9 Å². The van der Waals surface area contributed by atoms with Crippen molar-refractivity contribution in [3.8, 4) is 0 Å². The summed E-state index contributed by atoms with van der Waals surface area (Å²) >= 11 is 0. The minimum absolute atomic E-state index is 0.0882. The van der Waals surface area contributed by atoms with Gasteiger partial charge in [0.15, 0.2) is 0 Å². The zero-order valence-corrected chi connectivity index (χ0v) is 14.4. The van der Waals surface area contributed by atoms with Gasteiger partial charge in [0, 0.05) is 6.54 Å². The van der Waals surface area contributed by atoms with Crippen molar-refractivity contribution in [2.45, 2.75) is 31.1 Å². The molecule has 2 N–H and O–H groups in total. The van der Waals surface area contributed by atoms with Crippen molar-refractivity contribution in [1.29, 1.82) is 0 Å². The maximum atomic E-state index is 12.4. The second kappa shape index (κ2) is 7.90. The average molecular weight is 340 g/mol. The molecule has 0 radical (unpaired) electrons. The molecule has 1 aromatic carbocycles. The quantitative estimate of drug-likeness (QED) is 0.766. The van der Waals surface area contributed by atoms with Crippen molar-refractivity contribution in [3.05, 3.63) is 29.3 Å². The highest BCUT2D eigenvalue weighted by atomic mass is 32.2.